The zero-order valence-corrected chi connectivity index (χ0v) is 10.5. The molecule has 3 rings (SSSR count). The number of aromatic carboxylic acids is 1. The van der Waals surface area contributed by atoms with Gasteiger partial charge in [-0.05, 0) is 12.1 Å². The Morgan fingerprint density at radius 3 is 2.76 bits per heavy atom. The van der Waals surface area contributed by atoms with Crippen molar-refractivity contribution in [2.75, 3.05) is 0 Å². The SMILES string of the molecule is O=C(O)c1cc2nccc(-c3ccccc3[N+](=O)[O-])n2n1. The Bertz CT molecular complexity index is 871. The Balaban J connectivity index is 2.31. The van der Waals surface area contributed by atoms with Crippen molar-refractivity contribution in [1.82, 2.24) is 14.6 Å². The van der Waals surface area contributed by atoms with Gasteiger partial charge >= 0.3 is 5.97 Å². The molecule has 8 heteroatoms. The normalized spacial score (nSPS) is 10.7. The van der Waals surface area contributed by atoms with Crippen molar-refractivity contribution >= 4 is 17.3 Å². The van der Waals surface area contributed by atoms with Gasteiger partial charge in [0.2, 0.25) is 0 Å². The second-order valence-corrected chi connectivity index (χ2v) is 4.21. The van der Waals surface area contributed by atoms with Gasteiger partial charge in [0, 0.05) is 18.3 Å². The lowest BCUT2D eigenvalue weighted by Gasteiger charge is -2.05. The highest BCUT2D eigenvalue weighted by Crippen LogP contribution is 2.29. The van der Waals surface area contributed by atoms with Crippen LogP contribution in [0.25, 0.3) is 16.9 Å². The zero-order valence-electron chi connectivity index (χ0n) is 10.5. The van der Waals surface area contributed by atoms with Gasteiger partial charge in [-0.3, -0.25) is 10.1 Å². The molecule has 0 saturated carbocycles. The minimum atomic E-state index is -1.19. The standard InChI is InChI=1S/C13H8N4O4/c18-13(19)9-7-12-14-6-5-10(16(12)15-9)8-3-1-2-4-11(8)17(20)21/h1-7H,(H,18,19). The van der Waals surface area contributed by atoms with Gasteiger partial charge in [-0.15, -0.1) is 0 Å². The second-order valence-electron chi connectivity index (χ2n) is 4.21. The van der Waals surface area contributed by atoms with Crippen LogP contribution in [0.5, 0.6) is 0 Å². The van der Waals surface area contributed by atoms with Gasteiger partial charge in [0.25, 0.3) is 5.69 Å². The van der Waals surface area contributed by atoms with E-state index in [1.807, 2.05) is 0 Å². The fraction of sp³-hybridized carbons (Fsp3) is 0. The van der Waals surface area contributed by atoms with Crippen molar-refractivity contribution in [3.8, 4) is 11.3 Å². The number of nitrogens with zero attached hydrogens (tertiary/aromatic N) is 4. The Hall–Kier alpha value is -3.29. The number of para-hydroxylation sites is 1. The van der Waals surface area contributed by atoms with E-state index in [9.17, 15) is 14.9 Å². The van der Waals surface area contributed by atoms with Crippen molar-refractivity contribution in [3.05, 3.63) is 58.4 Å². The molecule has 0 aliphatic carbocycles. The van der Waals surface area contributed by atoms with E-state index < -0.39 is 10.9 Å². The van der Waals surface area contributed by atoms with Gasteiger partial charge in [-0.25, -0.2) is 14.3 Å². The Morgan fingerprint density at radius 2 is 2.05 bits per heavy atom. The molecular formula is C13H8N4O4. The Labute approximate surface area is 117 Å². The maximum atomic E-state index is 11.1. The van der Waals surface area contributed by atoms with Gasteiger partial charge in [0.05, 0.1) is 16.2 Å². The summed E-state index contributed by atoms with van der Waals surface area (Å²) in [5, 5.41) is 24.0. The summed E-state index contributed by atoms with van der Waals surface area (Å²) in [7, 11) is 0. The van der Waals surface area contributed by atoms with E-state index >= 15 is 0 Å². The van der Waals surface area contributed by atoms with Crippen LogP contribution in [-0.4, -0.2) is 30.6 Å². The molecule has 0 atom stereocenters. The second kappa shape index (κ2) is 4.67. The molecule has 0 spiro atoms. The van der Waals surface area contributed by atoms with Gasteiger partial charge in [0.1, 0.15) is 0 Å². The number of nitro groups is 1. The van der Waals surface area contributed by atoms with E-state index in [0.717, 1.165) is 0 Å². The molecule has 0 aliphatic rings. The van der Waals surface area contributed by atoms with Crippen molar-refractivity contribution in [3.63, 3.8) is 0 Å². The largest absolute Gasteiger partial charge is 0.476 e. The lowest BCUT2D eigenvalue weighted by Crippen LogP contribution is -2.01. The van der Waals surface area contributed by atoms with E-state index in [2.05, 4.69) is 10.1 Å². The maximum Gasteiger partial charge on any atom is 0.356 e. The first-order valence-corrected chi connectivity index (χ1v) is 5.90. The highest BCUT2D eigenvalue weighted by molar-refractivity contribution is 5.87. The third kappa shape index (κ3) is 2.08. The number of carboxylic acid groups (broad SMARTS) is 1. The zero-order chi connectivity index (χ0) is 15.0. The van der Waals surface area contributed by atoms with E-state index in [4.69, 9.17) is 5.11 Å². The lowest BCUT2D eigenvalue weighted by atomic mass is 10.1. The van der Waals surface area contributed by atoms with Crippen LogP contribution in [0.2, 0.25) is 0 Å². The quantitative estimate of drug-likeness (QED) is 0.581. The predicted octanol–water partition coefficient (Wildman–Crippen LogP) is 2.00. The minimum Gasteiger partial charge on any atom is -0.476 e. The van der Waals surface area contributed by atoms with Crippen LogP contribution in [0, 0.1) is 10.1 Å². The van der Waals surface area contributed by atoms with Crippen molar-refractivity contribution in [2.24, 2.45) is 0 Å². The average Bonchev–Trinajstić information content (AvgIpc) is 2.91. The van der Waals surface area contributed by atoms with Crippen molar-refractivity contribution in [1.29, 1.82) is 0 Å². The molecule has 104 valence electrons. The number of aromatic nitrogens is 3. The van der Waals surface area contributed by atoms with Gasteiger partial charge < -0.3 is 5.11 Å². The van der Waals surface area contributed by atoms with Crippen LogP contribution >= 0.6 is 0 Å². The van der Waals surface area contributed by atoms with E-state index in [1.54, 1.807) is 24.3 Å². The summed E-state index contributed by atoms with van der Waals surface area (Å²) >= 11 is 0. The molecule has 0 bridgehead atoms. The maximum absolute atomic E-state index is 11.1. The summed E-state index contributed by atoms with van der Waals surface area (Å²) in [5.41, 5.74) is 0.795. The Kier molecular flexibility index (Phi) is 2.83. The molecule has 0 aliphatic heterocycles. The molecule has 0 amide bonds. The molecule has 1 N–H and O–H groups in total. The molecular weight excluding hydrogens is 276 g/mol. The third-order valence-electron chi connectivity index (χ3n) is 2.95. The molecule has 2 aromatic heterocycles. The Morgan fingerprint density at radius 1 is 1.29 bits per heavy atom. The van der Waals surface area contributed by atoms with Crippen LogP contribution in [0.4, 0.5) is 5.69 Å². The highest BCUT2D eigenvalue weighted by atomic mass is 16.6. The number of nitro benzene ring substituents is 1. The first-order valence-electron chi connectivity index (χ1n) is 5.90. The number of benzene rings is 1. The molecule has 3 aromatic rings. The van der Waals surface area contributed by atoms with Gasteiger partial charge in [-0.2, -0.15) is 5.10 Å². The molecule has 21 heavy (non-hydrogen) atoms. The molecule has 0 radical (unpaired) electrons. The molecule has 8 nitrogen and oxygen atoms in total. The van der Waals surface area contributed by atoms with Gasteiger partial charge in [-0.1, -0.05) is 12.1 Å². The third-order valence-corrected chi connectivity index (χ3v) is 2.95. The molecule has 0 saturated heterocycles. The predicted molar refractivity (Wildman–Crippen MR) is 72.0 cm³/mol. The topological polar surface area (TPSA) is 111 Å². The fourth-order valence-electron chi connectivity index (χ4n) is 2.05. The van der Waals surface area contributed by atoms with E-state index in [-0.39, 0.29) is 11.4 Å². The van der Waals surface area contributed by atoms with E-state index in [1.165, 1.54) is 22.8 Å². The van der Waals surface area contributed by atoms with Crippen LogP contribution in [-0.2, 0) is 0 Å². The fourth-order valence-corrected chi connectivity index (χ4v) is 2.05. The summed E-state index contributed by atoms with van der Waals surface area (Å²) in [5.74, 6) is -1.19. The monoisotopic (exact) mass is 284 g/mol. The number of carbonyl (C=O) groups is 1. The smallest absolute Gasteiger partial charge is 0.356 e. The number of hydrogen-bond donors (Lipinski definition) is 1. The highest BCUT2D eigenvalue weighted by Gasteiger charge is 2.18. The molecule has 1 aromatic carbocycles. The number of rotatable bonds is 3. The average molecular weight is 284 g/mol. The summed E-state index contributed by atoms with van der Waals surface area (Å²) in [4.78, 5) is 25.6. The lowest BCUT2D eigenvalue weighted by molar-refractivity contribution is -0.384. The first kappa shape index (κ1) is 12.7. The molecule has 2 heterocycles. The number of carboxylic acids is 1. The summed E-state index contributed by atoms with van der Waals surface area (Å²) in [6.07, 6.45) is 1.45. The van der Waals surface area contributed by atoms with Crippen LogP contribution in [0.3, 0.4) is 0 Å². The van der Waals surface area contributed by atoms with Crippen molar-refractivity contribution < 1.29 is 14.8 Å². The molecule has 0 fully saturated rings. The minimum absolute atomic E-state index is 0.0858. The van der Waals surface area contributed by atoms with Gasteiger partial charge in [0.15, 0.2) is 11.3 Å². The van der Waals surface area contributed by atoms with Crippen LogP contribution in [0.15, 0.2) is 42.6 Å². The number of fused-ring (bicyclic) bond motifs is 1. The summed E-state index contributed by atoms with van der Waals surface area (Å²) in [6, 6.07) is 9.04. The van der Waals surface area contributed by atoms with Crippen LogP contribution < -0.4 is 0 Å². The summed E-state index contributed by atoms with van der Waals surface area (Å²) in [6.45, 7) is 0. The van der Waals surface area contributed by atoms with Crippen molar-refractivity contribution in [2.45, 2.75) is 0 Å². The van der Waals surface area contributed by atoms with E-state index in [0.29, 0.717) is 16.9 Å². The van der Waals surface area contributed by atoms with Crippen LogP contribution in [0.1, 0.15) is 10.5 Å². The summed E-state index contributed by atoms with van der Waals surface area (Å²) < 4.78 is 1.28. The molecule has 0 unspecified atom stereocenters. The first-order chi connectivity index (χ1) is 10.1. The number of hydrogen-bond acceptors (Lipinski definition) is 5.